The quantitative estimate of drug-likeness (QED) is 0.0431. The summed E-state index contributed by atoms with van der Waals surface area (Å²) < 4.78 is 0. The second-order valence-corrected chi connectivity index (χ2v) is 40.1. The van der Waals surface area contributed by atoms with Gasteiger partial charge in [0.1, 0.15) is 0 Å². The van der Waals surface area contributed by atoms with Crippen molar-refractivity contribution in [2.45, 2.75) is 0 Å². The number of nitrogens with zero attached hydrogens (tertiary/aromatic N) is 6. The predicted octanol–water partition coefficient (Wildman–Crippen LogP) is 23.1. The molecule has 12 aromatic carbocycles. The van der Waals surface area contributed by atoms with Gasteiger partial charge in [-0.2, -0.15) is 20.4 Å². The van der Waals surface area contributed by atoms with Gasteiger partial charge in [0.25, 0.3) is 0 Å². The first-order valence-corrected chi connectivity index (χ1v) is 53.5. The second kappa shape index (κ2) is 57.4. The monoisotopic (exact) mass is 1980 g/mol. The van der Waals surface area contributed by atoms with Crippen LogP contribution < -0.4 is 63.7 Å². The molecule has 0 unspecified atom stereocenters. The fraction of sp³-hybridized carbons (Fsp3) is 0.0208. The maximum atomic E-state index is 4.85. The topological polar surface area (TPSA) is 140 Å². The molecular weight excluding hydrogens is 1900 g/mol. The van der Waals surface area contributed by atoms with Crippen LogP contribution in [0.4, 0.5) is 0 Å². The van der Waals surface area contributed by atoms with Gasteiger partial charge < -0.3 is 0 Å². The van der Waals surface area contributed by atoms with Gasteiger partial charge in [0.05, 0.1) is 56.2 Å². The molecule has 0 amide bonds. The van der Waals surface area contributed by atoms with Crippen LogP contribution in [0.25, 0.3) is 45.6 Å². The molecule has 0 fully saturated rings. The first-order chi connectivity index (χ1) is 59.3. The van der Waals surface area contributed by atoms with Crippen molar-refractivity contribution in [1.82, 2.24) is 50.8 Å². The standard InChI is InChI=1S/4C18H15P.2C11H9N5.2CH2Cl2.4ClH.2Ru/c4*1-4-10-16(11-5-1)19(17-12-6-2-7-13-17)18-14-8-3-9-15-18;2*1-2-8(10-4-6-12-15-10)14-9(3-1)11-5-7-13-16-11;2*2-1-3;;;;;;/h4*1-15H;2*1-7H,(H,12,15)(H,13,16);2*1H2;4*1H;;/q;;;;;;;;;;;;2*+2/p-4. The average Bonchev–Trinajstić information content (AvgIpc) is 1.78. The minimum Gasteiger partial charge on any atom is -0.276 e. The summed E-state index contributed by atoms with van der Waals surface area (Å²) in [5, 5.41) is 44.3. The Labute approximate surface area is 759 Å². The van der Waals surface area contributed by atoms with Crippen molar-refractivity contribution in [2.75, 3.05) is 10.7 Å². The summed E-state index contributed by atoms with van der Waals surface area (Å²) in [6, 6.07) is 149. The molecule has 24 heteroatoms. The third-order valence-electron chi connectivity index (χ3n) is 16.8. The number of rotatable bonds is 16. The van der Waals surface area contributed by atoms with Gasteiger partial charge in [0.2, 0.25) is 0 Å². The second-order valence-electron chi connectivity index (χ2n) is 24.4. The Bertz CT molecular complexity index is 4480. The molecule has 18 rings (SSSR count). The number of halogens is 8. The van der Waals surface area contributed by atoms with Crippen LogP contribution in [0.1, 0.15) is 0 Å². The smallest absolute Gasteiger partial charge is 0.0888 e. The summed E-state index contributed by atoms with van der Waals surface area (Å²) in [6.45, 7) is 0. The van der Waals surface area contributed by atoms with Crippen LogP contribution in [-0.2, 0) is 30.3 Å². The first kappa shape index (κ1) is 94.9. The van der Waals surface area contributed by atoms with E-state index in [1.54, 1.807) is 24.8 Å². The molecule has 6 aromatic heterocycles. The number of aromatic nitrogens is 10. The van der Waals surface area contributed by atoms with Crippen molar-refractivity contribution in [3.8, 4) is 45.6 Å². The summed E-state index contributed by atoms with van der Waals surface area (Å²) in [6.07, 6.45) is 6.83. The molecule has 0 saturated heterocycles. The predicted molar refractivity (Wildman–Crippen MR) is 516 cm³/mol. The van der Waals surface area contributed by atoms with E-state index >= 15 is 0 Å². The van der Waals surface area contributed by atoms with Gasteiger partial charge in [-0.25, -0.2) is 9.97 Å². The Balaban J connectivity index is 0.000000160. The van der Waals surface area contributed by atoms with E-state index in [1.807, 2.05) is 60.7 Å². The van der Waals surface area contributed by atoms with E-state index in [-0.39, 0.29) is 41.0 Å². The van der Waals surface area contributed by atoms with Crippen molar-refractivity contribution in [2.24, 2.45) is 0 Å². The van der Waals surface area contributed by atoms with Crippen LogP contribution in [0.5, 0.6) is 0 Å². The van der Waals surface area contributed by atoms with E-state index in [2.05, 4.69) is 415 Å². The maximum absolute atomic E-state index is 4.85. The maximum Gasteiger partial charge on any atom is 0.0888 e. The molecule has 0 saturated carbocycles. The van der Waals surface area contributed by atoms with Crippen LogP contribution in [0.2, 0.25) is 0 Å². The largest absolute Gasteiger partial charge is 0.276 e. The summed E-state index contributed by atoms with van der Waals surface area (Å²) >= 11 is 18.4. The Hall–Kier alpha value is -8.93. The molecule has 0 aliphatic heterocycles. The first-order valence-electron chi connectivity index (χ1n) is 37.0. The van der Waals surface area contributed by atoms with E-state index < -0.39 is 31.7 Å². The molecule has 0 aliphatic carbocycles. The fourth-order valence-electron chi connectivity index (χ4n) is 11.8. The van der Waals surface area contributed by atoms with E-state index in [9.17, 15) is 0 Å². The molecule has 0 bridgehead atoms. The molecule has 608 valence electrons. The van der Waals surface area contributed by atoms with Gasteiger partial charge >= 0.3 is 69.1 Å². The summed E-state index contributed by atoms with van der Waals surface area (Å²) in [5.74, 6) is 0. The van der Waals surface area contributed by atoms with E-state index in [1.165, 1.54) is 63.7 Å². The molecule has 0 atom stereocenters. The number of pyridine rings is 2. The molecule has 0 aliphatic rings. The molecule has 10 nitrogen and oxygen atoms in total. The van der Waals surface area contributed by atoms with Gasteiger partial charge in [0.15, 0.2) is 0 Å². The molecular formula is C96H82Cl8N10P4Ru2. The molecule has 120 heavy (non-hydrogen) atoms. The Morgan fingerprint density at radius 3 is 0.400 bits per heavy atom. The Morgan fingerprint density at radius 1 is 0.183 bits per heavy atom. The van der Waals surface area contributed by atoms with Gasteiger partial charge in [-0.15, -0.1) is 46.4 Å². The van der Waals surface area contributed by atoms with E-state index in [0.717, 1.165) is 45.6 Å². The van der Waals surface area contributed by atoms with E-state index in [0.29, 0.717) is 0 Å². The van der Waals surface area contributed by atoms with Crippen molar-refractivity contribution >= 4 is 181 Å². The molecule has 18 aromatic rings. The Morgan fingerprint density at radius 2 is 0.300 bits per heavy atom. The molecule has 0 spiro atoms. The molecule has 0 radical (unpaired) electrons. The minimum absolute atomic E-state index is 0.194. The number of H-pyrrole nitrogens is 4. The van der Waals surface area contributed by atoms with E-state index in [4.69, 9.17) is 85.2 Å². The van der Waals surface area contributed by atoms with Gasteiger partial charge in [0, 0.05) is 24.8 Å². The van der Waals surface area contributed by atoms with Crippen LogP contribution in [0.3, 0.4) is 0 Å². The number of alkyl halides is 4. The summed E-state index contributed by atoms with van der Waals surface area (Å²) in [5.41, 5.74) is 7.08. The number of aromatic amines is 4. The minimum atomic E-state index is -0.446. The van der Waals surface area contributed by atoms with Crippen LogP contribution in [0, 0.1) is 0 Å². The number of hydrogen-bond acceptors (Lipinski definition) is 6. The molecule has 6 heterocycles. The van der Waals surface area contributed by atoms with Crippen LogP contribution in [-0.4, -0.2) is 61.4 Å². The fourth-order valence-corrected chi connectivity index (χ4v) is 21.0. The Kier molecular flexibility index (Phi) is 45.4. The SMILES string of the molecule is ClCCl.ClCCl.[Cl][Ru][Cl].[Cl][Ru][Cl].c1cc(-c2ccn[nH]2)nc(-c2ccn[nH]2)c1.c1cc(-c2ccn[nH]2)nc(-c2ccn[nH]2)c1.c1ccc(P(c2ccccc2)c2ccccc2)cc1.c1ccc(P(c2ccccc2)c2ccccc2)cc1.c1ccc(P(c2ccccc2)c2ccccc2)cc1.c1ccc(P(c2ccccc2)c2ccccc2)cc1. The average molecular weight is 1990 g/mol. The third kappa shape index (κ3) is 32.1. The van der Waals surface area contributed by atoms with Gasteiger partial charge in [-0.1, -0.05) is 376 Å². The summed E-state index contributed by atoms with van der Waals surface area (Å²) in [4.78, 5) is 9.03. The third-order valence-corrected chi connectivity index (χ3v) is 26.6. The normalized spacial score (nSPS) is 10.2. The van der Waals surface area contributed by atoms with Crippen LogP contribution in [0.15, 0.2) is 449 Å². The van der Waals surface area contributed by atoms with Gasteiger partial charge in [-0.3, -0.25) is 20.4 Å². The number of benzene rings is 12. The molecule has 4 N–H and O–H groups in total. The number of hydrogen-bond donors (Lipinski definition) is 4. The van der Waals surface area contributed by atoms with Crippen molar-refractivity contribution in [1.29, 1.82) is 0 Å². The zero-order chi connectivity index (χ0) is 84.1. The summed E-state index contributed by atoms with van der Waals surface area (Å²) in [7, 11) is 17.6. The van der Waals surface area contributed by atoms with Crippen molar-refractivity contribution < 1.29 is 30.3 Å². The zero-order valence-electron chi connectivity index (χ0n) is 64.3. The van der Waals surface area contributed by atoms with Crippen molar-refractivity contribution in [3.63, 3.8) is 0 Å². The van der Waals surface area contributed by atoms with Gasteiger partial charge in [-0.05, 0) is 144 Å². The zero-order valence-corrected chi connectivity index (χ0v) is 77.4. The van der Waals surface area contributed by atoms with Crippen LogP contribution >= 0.6 is 117 Å². The van der Waals surface area contributed by atoms with Crippen molar-refractivity contribution in [3.05, 3.63) is 449 Å². The number of nitrogens with one attached hydrogen (secondary N) is 4.